The molecule has 1 saturated heterocycles. The third-order valence-corrected chi connectivity index (χ3v) is 9.95. The molecule has 11 heteroatoms. The molecule has 5 nitrogen and oxygen atoms in total. The molecule has 1 aliphatic carbocycles. The first-order valence-electron chi connectivity index (χ1n) is 17.4. The van der Waals surface area contributed by atoms with Gasteiger partial charge in [0.1, 0.15) is 12.0 Å². The molecule has 1 N–H and O–H groups in total. The highest BCUT2D eigenvalue weighted by Crippen LogP contribution is 2.51. The maximum Gasteiger partial charge on any atom is 0.416 e. The Bertz CT molecular complexity index is 1820. The number of rotatable bonds is 13. The number of carbonyl (C=O) groups excluding carboxylic acids is 2. The summed E-state index contributed by atoms with van der Waals surface area (Å²) < 4.78 is 90.5. The molecule has 4 aromatic rings. The number of carbonyl (C=O) groups is 2. The normalized spacial score (nSPS) is 18.0. The summed E-state index contributed by atoms with van der Waals surface area (Å²) in [7, 11) is 0. The van der Waals surface area contributed by atoms with E-state index in [1.807, 2.05) is 36.4 Å². The molecule has 1 aliphatic heterocycles. The van der Waals surface area contributed by atoms with Crippen LogP contribution < -0.4 is 5.32 Å². The summed E-state index contributed by atoms with van der Waals surface area (Å²) in [6, 6.07) is 26.4. The Morgan fingerprint density at radius 3 is 1.87 bits per heavy atom. The molecule has 2 aliphatic rings. The first kappa shape index (κ1) is 37.3. The van der Waals surface area contributed by atoms with E-state index in [1.54, 1.807) is 36.4 Å². The van der Waals surface area contributed by atoms with Gasteiger partial charge in [-0.15, -0.1) is 0 Å². The third kappa shape index (κ3) is 8.26. The van der Waals surface area contributed by atoms with Crippen LogP contribution >= 0.6 is 0 Å². The van der Waals surface area contributed by atoms with Gasteiger partial charge in [-0.25, -0.2) is 0 Å². The molecule has 4 aromatic carbocycles. The van der Waals surface area contributed by atoms with Crippen molar-refractivity contribution in [3.63, 3.8) is 0 Å². The second-order valence-corrected chi connectivity index (χ2v) is 13.4. The van der Waals surface area contributed by atoms with Gasteiger partial charge in [0.25, 0.3) is 0 Å². The fourth-order valence-electron chi connectivity index (χ4n) is 7.40. The van der Waals surface area contributed by atoms with Gasteiger partial charge in [0.2, 0.25) is 5.91 Å². The second kappa shape index (κ2) is 15.6. The van der Waals surface area contributed by atoms with Gasteiger partial charge in [0.05, 0.1) is 18.8 Å². The highest BCUT2D eigenvalue weighted by atomic mass is 19.4. The topological polar surface area (TPSA) is 64.6 Å². The van der Waals surface area contributed by atoms with Crippen LogP contribution in [-0.2, 0) is 25.9 Å². The SMILES string of the molecule is O=C(CCCC1COC(CCCCC2(C(=O)NCC(F)(F)F)c3ccccc3-c3ccccc32)OC1)c1ccccc1-c1ccc(C(F)(F)F)cc1. The zero-order valence-electron chi connectivity index (χ0n) is 28.4. The van der Waals surface area contributed by atoms with Crippen molar-refractivity contribution in [1.29, 1.82) is 0 Å². The highest BCUT2D eigenvalue weighted by molar-refractivity contribution is 6.02. The van der Waals surface area contributed by atoms with Gasteiger partial charge in [-0.1, -0.05) is 91.3 Å². The lowest BCUT2D eigenvalue weighted by atomic mass is 9.73. The van der Waals surface area contributed by atoms with Gasteiger partial charge in [0, 0.05) is 17.9 Å². The number of hydrogen-bond acceptors (Lipinski definition) is 4. The monoisotopic (exact) mass is 723 g/mol. The lowest BCUT2D eigenvalue weighted by Gasteiger charge is -2.32. The molecule has 52 heavy (non-hydrogen) atoms. The number of unbranched alkanes of at least 4 members (excludes halogenated alkanes) is 1. The average molecular weight is 724 g/mol. The first-order chi connectivity index (χ1) is 24.9. The van der Waals surface area contributed by atoms with E-state index in [9.17, 15) is 35.9 Å². The minimum absolute atomic E-state index is 0.0845. The fraction of sp³-hybridized carbons (Fsp3) is 0.366. The number of benzene rings is 4. The predicted molar refractivity (Wildman–Crippen MR) is 184 cm³/mol. The Kier molecular flexibility index (Phi) is 11.2. The van der Waals surface area contributed by atoms with Crippen molar-refractivity contribution in [2.24, 2.45) is 5.92 Å². The highest BCUT2D eigenvalue weighted by Gasteiger charge is 2.49. The number of nitrogens with one attached hydrogen (secondary N) is 1. The van der Waals surface area contributed by atoms with Gasteiger partial charge in [-0.3, -0.25) is 9.59 Å². The van der Waals surface area contributed by atoms with E-state index in [0.29, 0.717) is 79.6 Å². The zero-order valence-corrected chi connectivity index (χ0v) is 28.4. The second-order valence-electron chi connectivity index (χ2n) is 13.4. The van der Waals surface area contributed by atoms with Crippen molar-refractivity contribution in [1.82, 2.24) is 5.32 Å². The van der Waals surface area contributed by atoms with Crippen molar-refractivity contribution in [3.8, 4) is 22.3 Å². The summed E-state index contributed by atoms with van der Waals surface area (Å²) in [6.45, 7) is -0.510. The molecule has 0 radical (unpaired) electrons. The zero-order chi connectivity index (χ0) is 36.9. The number of amides is 1. The van der Waals surface area contributed by atoms with Crippen LogP contribution in [0.2, 0.25) is 0 Å². The molecule has 1 amide bonds. The molecule has 0 spiro atoms. The number of alkyl halides is 6. The third-order valence-electron chi connectivity index (χ3n) is 9.95. The van der Waals surface area contributed by atoms with Crippen LogP contribution in [0.5, 0.6) is 0 Å². The Labute approximate surface area is 298 Å². The van der Waals surface area contributed by atoms with Crippen LogP contribution in [-0.4, -0.2) is 43.9 Å². The van der Waals surface area contributed by atoms with Crippen LogP contribution in [0.1, 0.15) is 72.0 Å². The number of hydrogen-bond donors (Lipinski definition) is 1. The number of Topliss-reactive ketones (excluding diaryl/α,β-unsaturated/α-hetero) is 1. The Morgan fingerprint density at radius 1 is 0.692 bits per heavy atom. The van der Waals surface area contributed by atoms with Crippen LogP contribution in [0.3, 0.4) is 0 Å². The average Bonchev–Trinajstić information content (AvgIpc) is 3.43. The van der Waals surface area contributed by atoms with Crippen LogP contribution in [0.25, 0.3) is 22.3 Å². The van der Waals surface area contributed by atoms with Crippen molar-refractivity contribution < 1.29 is 45.4 Å². The van der Waals surface area contributed by atoms with Crippen LogP contribution in [0, 0.1) is 5.92 Å². The summed E-state index contributed by atoms with van der Waals surface area (Å²) in [5, 5.41) is 2.16. The first-order valence-corrected chi connectivity index (χ1v) is 17.4. The number of ketones is 1. The van der Waals surface area contributed by atoms with E-state index in [0.717, 1.165) is 23.3 Å². The van der Waals surface area contributed by atoms with Crippen molar-refractivity contribution >= 4 is 11.7 Å². The smallest absolute Gasteiger partial charge is 0.352 e. The predicted octanol–water partition coefficient (Wildman–Crippen LogP) is 9.92. The van der Waals surface area contributed by atoms with Gasteiger partial charge in [-0.05, 0) is 77.6 Å². The molecular formula is C41H39F6NO4. The lowest BCUT2D eigenvalue weighted by Crippen LogP contribution is -2.47. The molecular weight excluding hydrogens is 684 g/mol. The minimum Gasteiger partial charge on any atom is -0.352 e. The van der Waals surface area contributed by atoms with Gasteiger partial charge in [0.15, 0.2) is 12.1 Å². The standard InChI is InChI=1S/C41H39F6NO4/c42-40(43,44)26-48-38(50)39(34-15-5-3-12-31(34)32-13-4-6-16-35(32)39)23-8-7-18-37-51-24-27(25-52-37)10-9-17-36(49)33-14-2-1-11-30(33)28-19-21-29(22-20-28)41(45,46)47/h1-6,11-16,19-22,27,37H,7-10,17-18,23-26H2,(H,48,50). The number of fused-ring (bicyclic) bond motifs is 3. The van der Waals surface area contributed by atoms with Crippen molar-refractivity contribution in [2.75, 3.05) is 19.8 Å². The molecule has 0 bridgehead atoms. The fourth-order valence-corrected chi connectivity index (χ4v) is 7.40. The van der Waals surface area contributed by atoms with E-state index < -0.39 is 42.1 Å². The molecule has 0 saturated carbocycles. The molecule has 0 unspecified atom stereocenters. The van der Waals surface area contributed by atoms with Gasteiger partial charge >= 0.3 is 12.4 Å². The molecule has 1 fully saturated rings. The molecule has 0 atom stereocenters. The summed E-state index contributed by atoms with van der Waals surface area (Å²) in [5.41, 5.74) is 2.66. The van der Waals surface area contributed by atoms with E-state index in [4.69, 9.17) is 9.47 Å². The van der Waals surface area contributed by atoms with Crippen LogP contribution in [0.4, 0.5) is 26.3 Å². The molecule has 1 heterocycles. The van der Waals surface area contributed by atoms with E-state index >= 15 is 0 Å². The largest absolute Gasteiger partial charge is 0.416 e. The lowest BCUT2D eigenvalue weighted by molar-refractivity contribution is -0.204. The summed E-state index contributed by atoms with van der Waals surface area (Å²) in [5.74, 6) is -0.679. The maximum atomic E-state index is 13.7. The van der Waals surface area contributed by atoms with E-state index in [-0.39, 0.29) is 18.1 Å². The summed E-state index contributed by atoms with van der Waals surface area (Å²) >= 11 is 0. The van der Waals surface area contributed by atoms with Gasteiger partial charge < -0.3 is 14.8 Å². The summed E-state index contributed by atoms with van der Waals surface area (Å²) in [4.78, 5) is 26.9. The van der Waals surface area contributed by atoms with Gasteiger partial charge in [-0.2, -0.15) is 26.3 Å². The molecule has 0 aromatic heterocycles. The van der Waals surface area contributed by atoms with E-state index in [1.165, 1.54) is 12.1 Å². The maximum absolute atomic E-state index is 13.7. The van der Waals surface area contributed by atoms with E-state index in [2.05, 4.69) is 5.32 Å². The van der Waals surface area contributed by atoms with Crippen molar-refractivity contribution in [2.45, 2.75) is 69.0 Å². The summed E-state index contributed by atoms with van der Waals surface area (Å²) in [6.07, 6.45) is -5.85. The Balaban J connectivity index is 0.989. The quantitative estimate of drug-likeness (QED) is 0.0848. The molecule has 274 valence electrons. The molecule has 6 rings (SSSR count). The number of ether oxygens (including phenoxy) is 2. The Morgan fingerprint density at radius 2 is 1.27 bits per heavy atom. The van der Waals surface area contributed by atoms with Crippen LogP contribution in [0.15, 0.2) is 97.1 Å². The Hall–Kier alpha value is -4.48. The number of halogens is 6. The minimum atomic E-state index is -4.54. The van der Waals surface area contributed by atoms with Crippen molar-refractivity contribution in [3.05, 3.63) is 119 Å².